The highest BCUT2D eigenvalue weighted by atomic mass is 35.5. The lowest BCUT2D eigenvalue weighted by molar-refractivity contribution is 0.201. The number of rotatable bonds is 6. The standard InChI is InChI=1S/C32H33ClN8O2S/c1-40(20-22-10-12-41(13-11-22)44(42,43)30-5-3-2-4-25(30)16-34)21-26-8-9-27-15-24(26)7-6-23-14-28(18-35-17-23)38-32-36-19-29(33)31(37-27)39-32/h2-5,8-9,14-15,17-19,22H,6-7,10-13,20-21H2,1H3,(H2,36,37,38,39). The van der Waals surface area contributed by atoms with E-state index in [1.54, 1.807) is 30.6 Å². The summed E-state index contributed by atoms with van der Waals surface area (Å²) < 4.78 is 28.0. The Morgan fingerprint density at radius 2 is 1.86 bits per heavy atom. The highest BCUT2D eigenvalue weighted by Gasteiger charge is 2.31. The summed E-state index contributed by atoms with van der Waals surface area (Å²) in [5.74, 6) is 1.33. The first-order chi connectivity index (χ1) is 21.3. The van der Waals surface area contributed by atoms with Gasteiger partial charge >= 0.3 is 0 Å². The van der Waals surface area contributed by atoms with Gasteiger partial charge in [-0.2, -0.15) is 14.6 Å². The SMILES string of the molecule is CN(Cc1ccc2cc1CCc1cncc(c1)Nc1ncc(Cl)c(n1)N2)CC1CCN(S(=O)(=O)c2ccccc2C#N)CC1. The van der Waals surface area contributed by atoms with Crippen LogP contribution in [0.2, 0.25) is 5.02 Å². The van der Waals surface area contributed by atoms with E-state index in [0.29, 0.717) is 35.8 Å². The lowest BCUT2D eigenvalue weighted by atomic mass is 9.96. The molecule has 0 saturated carbocycles. The van der Waals surface area contributed by atoms with Gasteiger partial charge in [-0.3, -0.25) is 4.98 Å². The van der Waals surface area contributed by atoms with Crippen LogP contribution in [-0.2, 0) is 29.4 Å². The fraction of sp³-hybridized carbons (Fsp3) is 0.312. The zero-order valence-corrected chi connectivity index (χ0v) is 25.9. The summed E-state index contributed by atoms with van der Waals surface area (Å²) in [6.07, 6.45) is 8.41. The normalized spacial score (nSPS) is 15.7. The Kier molecular flexibility index (Phi) is 8.77. The molecule has 2 aliphatic rings. The van der Waals surface area contributed by atoms with Crippen molar-refractivity contribution in [2.45, 2.75) is 37.1 Å². The zero-order chi connectivity index (χ0) is 30.7. The lowest BCUT2D eigenvalue weighted by Crippen LogP contribution is -2.41. The number of nitriles is 1. The fourth-order valence-electron chi connectivity index (χ4n) is 5.89. The number of aryl methyl sites for hydroxylation is 2. The molecule has 4 aromatic rings. The number of hydrogen-bond donors (Lipinski definition) is 2. The van der Waals surface area contributed by atoms with Gasteiger partial charge in [0.05, 0.1) is 28.5 Å². The highest BCUT2D eigenvalue weighted by molar-refractivity contribution is 7.89. The van der Waals surface area contributed by atoms with E-state index in [-0.39, 0.29) is 10.5 Å². The van der Waals surface area contributed by atoms with Gasteiger partial charge in [-0.25, -0.2) is 13.4 Å². The molecule has 0 aliphatic carbocycles. The molecule has 1 fully saturated rings. The van der Waals surface area contributed by atoms with Crippen LogP contribution in [0.25, 0.3) is 0 Å². The summed E-state index contributed by atoms with van der Waals surface area (Å²) in [7, 11) is -1.59. The lowest BCUT2D eigenvalue weighted by Gasteiger charge is -2.33. The van der Waals surface area contributed by atoms with E-state index in [2.05, 4.69) is 55.7 Å². The summed E-state index contributed by atoms with van der Waals surface area (Å²) in [5, 5.41) is 16.4. The average Bonchev–Trinajstić information content (AvgIpc) is 3.03. The summed E-state index contributed by atoms with van der Waals surface area (Å²) in [6, 6.07) is 16.8. The molecule has 2 aliphatic heterocycles. The van der Waals surface area contributed by atoms with E-state index in [4.69, 9.17) is 11.6 Å². The largest absolute Gasteiger partial charge is 0.339 e. The number of hydrogen-bond acceptors (Lipinski definition) is 9. The Morgan fingerprint density at radius 1 is 1.05 bits per heavy atom. The van der Waals surface area contributed by atoms with Gasteiger partial charge in [-0.05, 0) is 85.7 Å². The summed E-state index contributed by atoms with van der Waals surface area (Å²) in [6.45, 7) is 2.52. The first kappa shape index (κ1) is 30.0. The smallest absolute Gasteiger partial charge is 0.244 e. The molecule has 2 N–H and O–H groups in total. The van der Waals surface area contributed by atoms with Crippen molar-refractivity contribution >= 4 is 44.8 Å². The maximum absolute atomic E-state index is 13.3. The molecule has 226 valence electrons. The second-order valence-corrected chi connectivity index (χ2v) is 13.7. The molecular formula is C32H33ClN8O2S. The van der Waals surface area contributed by atoms with Gasteiger partial charge in [-0.1, -0.05) is 29.8 Å². The minimum atomic E-state index is -3.70. The molecule has 6 rings (SSSR count). The number of benzene rings is 2. The highest BCUT2D eigenvalue weighted by Crippen LogP contribution is 2.29. The van der Waals surface area contributed by atoms with E-state index in [1.165, 1.54) is 21.5 Å². The molecular weight excluding hydrogens is 596 g/mol. The van der Waals surface area contributed by atoms with Crippen molar-refractivity contribution in [3.05, 3.63) is 94.4 Å². The maximum atomic E-state index is 13.3. The Balaban J connectivity index is 1.14. The summed E-state index contributed by atoms with van der Waals surface area (Å²) in [4.78, 5) is 15.7. The number of anilines is 4. The van der Waals surface area contributed by atoms with Crippen LogP contribution >= 0.6 is 11.6 Å². The second-order valence-electron chi connectivity index (χ2n) is 11.4. The number of halogens is 1. The third kappa shape index (κ3) is 6.69. The monoisotopic (exact) mass is 628 g/mol. The third-order valence-corrected chi connectivity index (χ3v) is 10.4. The molecule has 4 heterocycles. The number of piperidine rings is 1. The average molecular weight is 629 g/mol. The van der Waals surface area contributed by atoms with Crippen molar-refractivity contribution in [2.75, 3.05) is 37.3 Å². The van der Waals surface area contributed by atoms with Crippen molar-refractivity contribution in [1.82, 2.24) is 24.2 Å². The van der Waals surface area contributed by atoms with Crippen molar-refractivity contribution in [3.63, 3.8) is 0 Å². The number of aromatic nitrogens is 3. The Labute approximate surface area is 262 Å². The number of nitrogens with one attached hydrogen (secondary N) is 2. The molecule has 2 aromatic heterocycles. The molecule has 0 atom stereocenters. The maximum Gasteiger partial charge on any atom is 0.244 e. The van der Waals surface area contributed by atoms with Crippen molar-refractivity contribution < 1.29 is 8.42 Å². The molecule has 0 unspecified atom stereocenters. The zero-order valence-electron chi connectivity index (χ0n) is 24.4. The summed E-state index contributed by atoms with van der Waals surface area (Å²) in [5.41, 5.74) is 5.47. The van der Waals surface area contributed by atoms with Crippen LogP contribution in [0.4, 0.5) is 23.1 Å². The van der Waals surface area contributed by atoms with Gasteiger partial charge in [0.15, 0.2) is 5.82 Å². The van der Waals surface area contributed by atoms with E-state index in [1.807, 2.05) is 18.3 Å². The van der Waals surface area contributed by atoms with Gasteiger partial charge in [0.1, 0.15) is 11.1 Å². The van der Waals surface area contributed by atoms with Crippen LogP contribution in [0.15, 0.2) is 72.0 Å². The minimum Gasteiger partial charge on any atom is -0.339 e. The molecule has 10 nitrogen and oxygen atoms in total. The molecule has 0 spiro atoms. The van der Waals surface area contributed by atoms with Crippen LogP contribution in [0.1, 0.15) is 35.1 Å². The minimum absolute atomic E-state index is 0.0892. The Morgan fingerprint density at radius 3 is 2.68 bits per heavy atom. The molecule has 6 bridgehead atoms. The number of pyridine rings is 1. The summed E-state index contributed by atoms with van der Waals surface area (Å²) >= 11 is 6.42. The third-order valence-electron chi connectivity index (χ3n) is 8.16. The molecule has 12 heteroatoms. The van der Waals surface area contributed by atoms with E-state index in [0.717, 1.165) is 55.7 Å². The van der Waals surface area contributed by atoms with E-state index >= 15 is 0 Å². The molecule has 2 aromatic carbocycles. The molecule has 1 saturated heterocycles. The Hall–Kier alpha value is -4.08. The van der Waals surface area contributed by atoms with Gasteiger partial charge < -0.3 is 15.5 Å². The van der Waals surface area contributed by atoms with E-state index in [9.17, 15) is 13.7 Å². The molecule has 0 radical (unpaired) electrons. The molecule has 44 heavy (non-hydrogen) atoms. The predicted octanol–water partition coefficient (Wildman–Crippen LogP) is 5.52. The van der Waals surface area contributed by atoms with Gasteiger partial charge in [-0.15, -0.1) is 0 Å². The molecule has 0 amide bonds. The number of sulfonamides is 1. The topological polar surface area (TPSA) is 127 Å². The van der Waals surface area contributed by atoms with Crippen LogP contribution in [-0.4, -0.2) is 59.3 Å². The van der Waals surface area contributed by atoms with Crippen LogP contribution in [0, 0.1) is 17.2 Å². The number of nitrogens with zero attached hydrogens (tertiary/aromatic N) is 6. The van der Waals surface area contributed by atoms with Crippen molar-refractivity contribution in [3.8, 4) is 6.07 Å². The van der Waals surface area contributed by atoms with Gasteiger partial charge in [0.25, 0.3) is 0 Å². The van der Waals surface area contributed by atoms with Crippen molar-refractivity contribution in [1.29, 1.82) is 5.26 Å². The van der Waals surface area contributed by atoms with Crippen LogP contribution in [0.3, 0.4) is 0 Å². The second kappa shape index (κ2) is 12.9. The van der Waals surface area contributed by atoms with Gasteiger partial charge in [0, 0.05) is 38.1 Å². The van der Waals surface area contributed by atoms with Gasteiger partial charge in [0.2, 0.25) is 16.0 Å². The first-order valence-electron chi connectivity index (χ1n) is 14.6. The van der Waals surface area contributed by atoms with Crippen LogP contribution in [0.5, 0.6) is 0 Å². The van der Waals surface area contributed by atoms with Crippen molar-refractivity contribution in [2.24, 2.45) is 5.92 Å². The number of fused-ring (bicyclic) bond motifs is 6. The van der Waals surface area contributed by atoms with Crippen LogP contribution < -0.4 is 10.6 Å². The predicted molar refractivity (Wildman–Crippen MR) is 171 cm³/mol. The first-order valence-corrected chi connectivity index (χ1v) is 16.4. The Bertz CT molecular complexity index is 1820. The van der Waals surface area contributed by atoms with E-state index < -0.39 is 10.0 Å². The fourth-order valence-corrected chi connectivity index (χ4v) is 7.64. The quantitative estimate of drug-likeness (QED) is 0.284.